The summed E-state index contributed by atoms with van der Waals surface area (Å²) in [7, 11) is 0. The first kappa shape index (κ1) is 18.4. The van der Waals surface area contributed by atoms with Crippen LogP contribution in [0.15, 0.2) is 60.7 Å². The van der Waals surface area contributed by atoms with Crippen LogP contribution in [0.3, 0.4) is 0 Å². The number of carbonyl (C=O) groups is 1. The molecule has 26 heavy (non-hydrogen) atoms. The Labute approximate surface area is 158 Å². The van der Waals surface area contributed by atoms with Crippen LogP contribution in [0.4, 0.5) is 0 Å². The zero-order chi connectivity index (χ0) is 18.4. The Balaban J connectivity index is 1.46. The van der Waals surface area contributed by atoms with E-state index in [1.165, 1.54) is 27.3 Å². The van der Waals surface area contributed by atoms with Gasteiger partial charge in [0.05, 0.1) is 18.1 Å². The van der Waals surface area contributed by atoms with Gasteiger partial charge in [0.25, 0.3) is 5.91 Å². The third-order valence-corrected chi connectivity index (χ3v) is 5.40. The second kappa shape index (κ2) is 8.79. The van der Waals surface area contributed by atoms with Gasteiger partial charge in [-0.2, -0.15) is 0 Å². The maximum atomic E-state index is 12.2. The van der Waals surface area contributed by atoms with Gasteiger partial charge in [0, 0.05) is 11.4 Å². The smallest absolute Gasteiger partial charge is 0.261 e. The second-order valence-electron chi connectivity index (χ2n) is 6.33. The van der Waals surface area contributed by atoms with E-state index in [4.69, 9.17) is 4.74 Å². The molecule has 0 atom stereocenters. The van der Waals surface area contributed by atoms with Crippen LogP contribution in [0.25, 0.3) is 0 Å². The van der Waals surface area contributed by atoms with E-state index in [0.29, 0.717) is 19.8 Å². The molecule has 0 bridgehead atoms. The average Bonchev–Trinajstić information content (AvgIpc) is 3.00. The van der Waals surface area contributed by atoms with Crippen molar-refractivity contribution in [2.75, 3.05) is 0 Å². The van der Waals surface area contributed by atoms with Gasteiger partial charge in [0.15, 0.2) is 0 Å². The van der Waals surface area contributed by atoms with Crippen LogP contribution in [0, 0.1) is 13.8 Å². The Morgan fingerprint density at radius 2 is 1.54 bits per heavy atom. The van der Waals surface area contributed by atoms with Crippen LogP contribution >= 0.6 is 11.3 Å². The molecule has 1 N–H and O–H groups in total. The van der Waals surface area contributed by atoms with Gasteiger partial charge in [-0.3, -0.25) is 4.79 Å². The molecular weight excluding hydrogens is 342 g/mol. The molecule has 1 aromatic heterocycles. The Hall–Kier alpha value is -2.43. The summed E-state index contributed by atoms with van der Waals surface area (Å²) in [5, 5.41) is 2.98. The molecule has 0 unspecified atom stereocenters. The van der Waals surface area contributed by atoms with Gasteiger partial charge in [-0.25, -0.2) is 0 Å². The number of rotatable bonds is 7. The number of benzene rings is 2. The molecule has 134 valence electrons. The lowest BCUT2D eigenvalue weighted by molar-refractivity contribution is 0.0955. The number of hydrogen-bond acceptors (Lipinski definition) is 3. The van der Waals surface area contributed by atoms with Crippen LogP contribution < -0.4 is 5.32 Å². The Morgan fingerprint density at radius 1 is 0.923 bits per heavy atom. The number of hydrogen-bond donors (Lipinski definition) is 1. The number of ether oxygens (including phenoxy) is 1. The summed E-state index contributed by atoms with van der Waals surface area (Å²) in [6, 6.07) is 20.3. The van der Waals surface area contributed by atoms with Crippen molar-refractivity contribution >= 4 is 17.2 Å². The predicted octanol–water partition coefficient (Wildman–Crippen LogP) is 5.01. The first-order chi connectivity index (χ1) is 12.6. The summed E-state index contributed by atoms with van der Waals surface area (Å²) >= 11 is 1.54. The minimum Gasteiger partial charge on any atom is -0.372 e. The minimum atomic E-state index is -0.0125. The van der Waals surface area contributed by atoms with E-state index in [9.17, 15) is 4.79 Å². The monoisotopic (exact) mass is 365 g/mol. The molecule has 2 aromatic carbocycles. The van der Waals surface area contributed by atoms with E-state index >= 15 is 0 Å². The number of nitrogens with one attached hydrogen (secondary N) is 1. The summed E-state index contributed by atoms with van der Waals surface area (Å²) in [6.07, 6.45) is 0. The SMILES string of the molecule is Cc1cc(C(=O)NCc2ccc(COCc3ccccc3)cc2)sc1C. The van der Waals surface area contributed by atoms with Gasteiger partial charge < -0.3 is 10.1 Å². The molecule has 0 radical (unpaired) electrons. The summed E-state index contributed by atoms with van der Waals surface area (Å²) in [5.41, 5.74) is 4.54. The summed E-state index contributed by atoms with van der Waals surface area (Å²) in [6.45, 7) is 5.78. The molecule has 1 heterocycles. The van der Waals surface area contributed by atoms with Crippen LogP contribution in [0.2, 0.25) is 0 Å². The first-order valence-electron chi connectivity index (χ1n) is 8.66. The molecule has 0 aliphatic rings. The lowest BCUT2D eigenvalue weighted by Crippen LogP contribution is -2.21. The topological polar surface area (TPSA) is 38.3 Å². The minimum absolute atomic E-state index is 0.0125. The summed E-state index contributed by atoms with van der Waals surface area (Å²) in [4.78, 5) is 14.2. The lowest BCUT2D eigenvalue weighted by atomic mass is 10.1. The van der Waals surface area contributed by atoms with Crippen LogP contribution in [-0.2, 0) is 24.5 Å². The lowest BCUT2D eigenvalue weighted by Gasteiger charge is -2.07. The van der Waals surface area contributed by atoms with E-state index in [1.807, 2.05) is 62.4 Å². The van der Waals surface area contributed by atoms with Crippen molar-refractivity contribution in [2.45, 2.75) is 33.6 Å². The fraction of sp³-hybridized carbons (Fsp3) is 0.227. The summed E-state index contributed by atoms with van der Waals surface area (Å²) < 4.78 is 5.75. The van der Waals surface area contributed by atoms with Crippen LogP contribution in [-0.4, -0.2) is 5.91 Å². The highest BCUT2D eigenvalue weighted by Crippen LogP contribution is 2.20. The molecule has 4 heteroatoms. The normalized spacial score (nSPS) is 10.7. The first-order valence-corrected chi connectivity index (χ1v) is 9.48. The van der Waals surface area contributed by atoms with Gasteiger partial charge in [-0.15, -0.1) is 11.3 Å². The van der Waals surface area contributed by atoms with Crippen molar-refractivity contribution < 1.29 is 9.53 Å². The Bertz CT molecular complexity index is 834. The molecule has 3 nitrogen and oxygen atoms in total. The van der Waals surface area contributed by atoms with E-state index in [0.717, 1.165) is 16.0 Å². The highest BCUT2D eigenvalue weighted by atomic mass is 32.1. The fourth-order valence-electron chi connectivity index (χ4n) is 2.57. The molecule has 0 spiro atoms. The van der Waals surface area contributed by atoms with Crippen molar-refractivity contribution in [3.8, 4) is 0 Å². The van der Waals surface area contributed by atoms with Gasteiger partial charge in [-0.05, 0) is 42.2 Å². The van der Waals surface area contributed by atoms with E-state index in [1.54, 1.807) is 0 Å². The number of aryl methyl sites for hydroxylation is 2. The molecule has 1 amide bonds. The van der Waals surface area contributed by atoms with Gasteiger partial charge in [-0.1, -0.05) is 54.6 Å². The molecule has 0 fully saturated rings. The predicted molar refractivity (Wildman–Crippen MR) is 106 cm³/mol. The number of amides is 1. The maximum Gasteiger partial charge on any atom is 0.261 e. The molecule has 0 aliphatic carbocycles. The van der Waals surface area contributed by atoms with E-state index in [-0.39, 0.29) is 5.91 Å². The van der Waals surface area contributed by atoms with Gasteiger partial charge in [0.1, 0.15) is 0 Å². The Morgan fingerprint density at radius 3 is 2.15 bits per heavy atom. The molecular formula is C22H23NO2S. The third-order valence-electron chi connectivity index (χ3n) is 4.25. The zero-order valence-corrected chi connectivity index (χ0v) is 15.9. The van der Waals surface area contributed by atoms with Crippen molar-refractivity contribution in [1.82, 2.24) is 5.32 Å². The third kappa shape index (κ3) is 5.04. The van der Waals surface area contributed by atoms with Crippen LogP contribution in [0.5, 0.6) is 0 Å². The molecule has 0 aliphatic heterocycles. The second-order valence-corrected chi connectivity index (χ2v) is 7.58. The van der Waals surface area contributed by atoms with E-state index in [2.05, 4.69) is 17.4 Å². The highest BCUT2D eigenvalue weighted by molar-refractivity contribution is 7.14. The van der Waals surface area contributed by atoms with Crippen LogP contribution in [0.1, 0.15) is 36.8 Å². The van der Waals surface area contributed by atoms with Crippen molar-refractivity contribution in [1.29, 1.82) is 0 Å². The largest absolute Gasteiger partial charge is 0.372 e. The highest BCUT2D eigenvalue weighted by Gasteiger charge is 2.10. The van der Waals surface area contributed by atoms with Gasteiger partial charge >= 0.3 is 0 Å². The van der Waals surface area contributed by atoms with Crippen molar-refractivity contribution in [3.05, 3.63) is 92.7 Å². The molecule has 3 aromatic rings. The molecule has 3 rings (SSSR count). The fourth-order valence-corrected chi connectivity index (χ4v) is 3.52. The quantitative estimate of drug-likeness (QED) is 0.639. The Kier molecular flexibility index (Phi) is 6.21. The molecule has 0 saturated carbocycles. The summed E-state index contributed by atoms with van der Waals surface area (Å²) in [5.74, 6) is -0.0125. The number of carbonyl (C=O) groups excluding carboxylic acids is 1. The van der Waals surface area contributed by atoms with Gasteiger partial charge in [0.2, 0.25) is 0 Å². The average molecular weight is 365 g/mol. The standard InChI is InChI=1S/C22H23NO2S/c1-16-12-21(26-17(16)2)22(24)23-13-18-8-10-20(11-9-18)15-25-14-19-6-4-3-5-7-19/h3-12H,13-15H2,1-2H3,(H,23,24). The zero-order valence-electron chi connectivity index (χ0n) is 15.1. The number of thiophene rings is 1. The van der Waals surface area contributed by atoms with Crippen molar-refractivity contribution in [3.63, 3.8) is 0 Å². The van der Waals surface area contributed by atoms with E-state index < -0.39 is 0 Å². The van der Waals surface area contributed by atoms with Crippen molar-refractivity contribution in [2.24, 2.45) is 0 Å². The molecule has 0 saturated heterocycles. The maximum absolute atomic E-state index is 12.2.